The highest BCUT2D eigenvalue weighted by Gasteiger charge is 2.18. The maximum atomic E-state index is 12.9. The first-order valence-corrected chi connectivity index (χ1v) is 7.11. The largest absolute Gasteiger partial charge is 0.377 e. The van der Waals surface area contributed by atoms with E-state index >= 15 is 0 Å². The van der Waals surface area contributed by atoms with Crippen molar-refractivity contribution in [2.75, 3.05) is 0 Å². The Labute approximate surface area is 120 Å². The lowest BCUT2D eigenvalue weighted by Crippen LogP contribution is -2.10. The van der Waals surface area contributed by atoms with Crippen molar-refractivity contribution in [3.05, 3.63) is 58.9 Å². The molecule has 0 fully saturated rings. The molecule has 0 saturated heterocycles. The fourth-order valence-corrected chi connectivity index (χ4v) is 2.60. The van der Waals surface area contributed by atoms with Gasteiger partial charge in [-0.25, -0.2) is 4.39 Å². The van der Waals surface area contributed by atoms with Crippen LogP contribution in [0.5, 0.6) is 5.75 Å². The summed E-state index contributed by atoms with van der Waals surface area (Å²) < 4.78 is 41.7. The predicted octanol–water partition coefficient (Wildman–Crippen LogP) is 3.12. The number of rotatable bonds is 3. The van der Waals surface area contributed by atoms with Crippen LogP contribution in [0, 0.1) is 17.1 Å². The van der Waals surface area contributed by atoms with E-state index < -0.39 is 15.9 Å². The quantitative estimate of drug-likeness (QED) is 0.817. The van der Waals surface area contributed by atoms with Crippen molar-refractivity contribution in [3.8, 4) is 11.8 Å². The molecular weight excluding hydrogens is 305 g/mol. The van der Waals surface area contributed by atoms with Gasteiger partial charge in [0.05, 0.1) is 16.7 Å². The molecule has 0 aliphatic heterocycles. The number of hydrogen-bond acceptors (Lipinski definition) is 4. The van der Waals surface area contributed by atoms with Gasteiger partial charge in [0, 0.05) is 0 Å². The lowest BCUT2D eigenvalue weighted by molar-refractivity contribution is 0.485. The van der Waals surface area contributed by atoms with Crippen molar-refractivity contribution < 1.29 is 17.0 Å². The number of nitrogens with zero attached hydrogens (tertiary/aromatic N) is 1. The van der Waals surface area contributed by atoms with Gasteiger partial charge in [-0.2, -0.15) is 13.7 Å². The van der Waals surface area contributed by atoms with E-state index in [1.54, 1.807) is 0 Å². The summed E-state index contributed by atoms with van der Waals surface area (Å²) in [7, 11) is -4.09. The Hall–Kier alpha value is -2.10. The Morgan fingerprint density at radius 1 is 1.15 bits per heavy atom. The molecule has 2 aromatic rings. The lowest BCUT2D eigenvalue weighted by atomic mass is 10.2. The molecule has 0 heterocycles. The molecule has 4 nitrogen and oxygen atoms in total. The van der Waals surface area contributed by atoms with Gasteiger partial charge in [0.2, 0.25) is 0 Å². The Morgan fingerprint density at radius 3 is 2.35 bits per heavy atom. The Balaban J connectivity index is 2.33. The van der Waals surface area contributed by atoms with Crippen LogP contribution in [0.15, 0.2) is 47.4 Å². The molecule has 0 spiro atoms. The van der Waals surface area contributed by atoms with Crippen molar-refractivity contribution >= 4 is 21.7 Å². The fourth-order valence-electron chi connectivity index (χ4n) is 1.41. The summed E-state index contributed by atoms with van der Waals surface area (Å²) in [6.07, 6.45) is 0. The number of benzene rings is 2. The molecule has 0 bridgehead atoms. The highest BCUT2D eigenvalue weighted by Crippen LogP contribution is 2.28. The maximum Gasteiger partial charge on any atom is 0.339 e. The minimum Gasteiger partial charge on any atom is -0.377 e. The van der Waals surface area contributed by atoms with Gasteiger partial charge in [-0.15, -0.1) is 0 Å². The second kappa shape index (κ2) is 5.49. The molecule has 0 N–H and O–H groups in total. The van der Waals surface area contributed by atoms with E-state index in [-0.39, 0.29) is 15.7 Å². The van der Waals surface area contributed by atoms with Gasteiger partial charge in [-0.3, -0.25) is 0 Å². The molecule has 2 rings (SSSR count). The van der Waals surface area contributed by atoms with Crippen LogP contribution in [0.25, 0.3) is 0 Å². The van der Waals surface area contributed by atoms with E-state index in [1.807, 2.05) is 6.07 Å². The third kappa shape index (κ3) is 3.07. The molecule has 0 aliphatic carbocycles. The fraction of sp³-hybridized carbons (Fsp3) is 0. The molecule has 102 valence electrons. The Morgan fingerprint density at radius 2 is 1.80 bits per heavy atom. The molecule has 0 amide bonds. The Kier molecular flexibility index (Phi) is 3.93. The number of hydrogen-bond donors (Lipinski definition) is 0. The van der Waals surface area contributed by atoms with E-state index in [0.29, 0.717) is 5.56 Å². The van der Waals surface area contributed by atoms with Crippen LogP contribution in [0.2, 0.25) is 5.02 Å². The van der Waals surface area contributed by atoms with Crippen LogP contribution >= 0.6 is 11.6 Å². The molecule has 20 heavy (non-hydrogen) atoms. The van der Waals surface area contributed by atoms with E-state index in [4.69, 9.17) is 21.0 Å². The summed E-state index contributed by atoms with van der Waals surface area (Å²) in [6, 6.07) is 10.2. The molecule has 0 unspecified atom stereocenters. The molecule has 0 atom stereocenters. The summed E-state index contributed by atoms with van der Waals surface area (Å²) in [5.41, 5.74) is 0.323. The summed E-state index contributed by atoms with van der Waals surface area (Å²) in [5.74, 6) is -0.768. The molecule has 0 radical (unpaired) electrons. The number of nitriles is 1. The van der Waals surface area contributed by atoms with Crippen LogP contribution in [0.1, 0.15) is 5.56 Å². The minimum absolute atomic E-state index is 0.128. The SMILES string of the molecule is N#Cc1ccc(S(=O)(=O)Oc2ccc(F)cc2Cl)cc1. The van der Waals surface area contributed by atoms with Crippen LogP contribution in [-0.4, -0.2) is 8.42 Å². The van der Waals surface area contributed by atoms with E-state index in [0.717, 1.165) is 18.2 Å². The molecule has 0 aromatic heterocycles. The first-order chi connectivity index (χ1) is 9.42. The highest BCUT2D eigenvalue weighted by molar-refractivity contribution is 7.87. The first kappa shape index (κ1) is 14.3. The topological polar surface area (TPSA) is 67.2 Å². The normalized spacial score (nSPS) is 10.8. The van der Waals surface area contributed by atoms with Crippen LogP contribution < -0.4 is 4.18 Å². The summed E-state index contributed by atoms with van der Waals surface area (Å²) >= 11 is 5.70. The van der Waals surface area contributed by atoms with Gasteiger partial charge in [0.1, 0.15) is 10.7 Å². The van der Waals surface area contributed by atoms with Gasteiger partial charge in [0.15, 0.2) is 5.75 Å². The predicted molar refractivity (Wildman–Crippen MR) is 70.4 cm³/mol. The smallest absolute Gasteiger partial charge is 0.339 e. The van der Waals surface area contributed by atoms with Crippen LogP contribution in [0.4, 0.5) is 4.39 Å². The molecular formula is C13H7ClFNO3S. The van der Waals surface area contributed by atoms with Gasteiger partial charge in [0.25, 0.3) is 0 Å². The summed E-state index contributed by atoms with van der Waals surface area (Å²) in [5, 5.41) is 8.49. The van der Waals surface area contributed by atoms with Gasteiger partial charge in [-0.1, -0.05) is 11.6 Å². The number of halogens is 2. The second-order valence-electron chi connectivity index (χ2n) is 3.75. The molecule has 0 saturated carbocycles. The van der Waals surface area contributed by atoms with E-state index in [1.165, 1.54) is 24.3 Å². The maximum absolute atomic E-state index is 12.9. The first-order valence-electron chi connectivity index (χ1n) is 5.32. The lowest BCUT2D eigenvalue weighted by Gasteiger charge is -2.08. The van der Waals surface area contributed by atoms with Crippen LogP contribution in [-0.2, 0) is 10.1 Å². The standard InChI is InChI=1S/C13H7ClFNO3S/c14-12-7-10(15)3-6-13(12)19-20(17,18)11-4-1-9(8-16)2-5-11/h1-7H. The summed E-state index contributed by atoms with van der Waals surface area (Å²) in [4.78, 5) is -0.128. The van der Waals surface area contributed by atoms with Crippen molar-refractivity contribution in [2.24, 2.45) is 0 Å². The zero-order chi connectivity index (χ0) is 14.8. The van der Waals surface area contributed by atoms with Crippen molar-refractivity contribution in [2.45, 2.75) is 4.90 Å². The van der Waals surface area contributed by atoms with Gasteiger partial charge in [-0.05, 0) is 42.5 Å². The van der Waals surface area contributed by atoms with Crippen molar-refractivity contribution in [1.82, 2.24) is 0 Å². The Bertz CT molecular complexity index is 782. The van der Waals surface area contributed by atoms with Crippen LogP contribution in [0.3, 0.4) is 0 Å². The minimum atomic E-state index is -4.09. The average molecular weight is 312 g/mol. The zero-order valence-corrected chi connectivity index (χ0v) is 11.5. The molecule has 2 aromatic carbocycles. The summed E-state index contributed by atoms with van der Waals surface area (Å²) in [6.45, 7) is 0. The highest BCUT2D eigenvalue weighted by atomic mass is 35.5. The average Bonchev–Trinajstić information content (AvgIpc) is 2.42. The van der Waals surface area contributed by atoms with Gasteiger partial charge >= 0.3 is 10.1 Å². The van der Waals surface area contributed by atoms with E-state index in [9.17, 15) is 12.8 Å². The van der Waals surface area contributed by atoms with Crippen molar-refractivity contribution in [1.29, 1.82) is 5.26 Å². The third-order valence-corrected chi connectivity index (χ3v) is 3.91. The van der Waals surface area contributed by atoms with Gasteiger partial charge < -0.3 is 4.18 Å². The second-order valence-corrected chi connectivity index (χ2v) is 5.70. The monoisotopic (exact) mass is 311 g/mol. The van der Waals surface area contributed by atoms with E-state index in [2.05, 4.69) is 0 Å². The molecule has 0 aliphatic rings. The zero-order valence-electron chi connectivity index (χ0n) is 9.88. The molecule has 7 heteroatoms. The third-order valence-electron chi connectivity index (χ3n) is 2.37. The van der Waals surface area contributed by atoms with Crippen molar-refractivity contribution in [3.63, 3.8) is 0 Å².